The summed E-state index contributed by atoms with van der Waals surface area (Å²) < 4.78 is 10.7. The van der Waals surface area contributed by atoms with E-state index in [0.29, 0.717) is 25.5 Å². The Bertz CT molecular complexity index is 463. The van der Waals surface area contributed by atoms with E-state index in [4.69, 9.17) is 14.4 Å². The quantitative estimate of drug-likeness (QED) is 0.821. The highest BCUT2D eigenvalue weighted by Gasteiger charge is 2.26. The molecule has 18 heavy (non-hydrogen) atoms. The lowest BCUT2D eigenvalue weighted by Gasteiger charge is -2.31. The lowest BCUT2D eigenvalue weighted by molar-refractivity contribution is -0.138. The summed E-state index contributed by atoms with van der Waals surface area (Å²) in [4.78, 5) is 13.6. The van der Waals surface area contributed by atoms with Gasteiger partial charge >= 0.3 is 0 Å². The van der Waals surface area contributed by atoms with Gasteiger partial charge in [-0.1, -0.05) is 0 Å². The Kier molecular flexibility index (Phi) is 3.97. The third kappa shape index (κ3) is 2.88. The van der Waals surface area contributed by atoms with Crippen molar-refractivity contribution in [3.8, 4) is 6.07 Å². The highest BCUT2D eigenvalue weighted by molar-refractivity contribution is 5.80. The summed E-state index contributed by atoms with van der Waals surface area (Å²) in [5.74, 6) is 0.919. The summed E-state index contributed by atoms with van der Waals surface area (Å²) in [5, 5.41) is 11.2. The summed E-state index contributed by atoms with van der Waals surface area (Å²) in [6, 6.07) is 5.37. The normalized spacial score (nSPS) is 20.3. The number of carbonyl (C=O) groups excluding carboxylic acids is 1. The second-order valence-corrected chi connectivity index (χ2v) is 4.09. The first-order valence-electron chi connectivity index (χ1n) is 5.77. The van der Waals surface area contributed by atoms with Crippen LogP contribution in [0, 0.1) is 11.3 Å². The molecule has 1 N–H and O–H groups in total. The molecule has 1 atom stereocenters. The van der Waals surface area contributed by atoms with Gasteiger partial charge in [-0.2, -0.15) is 5.26 Å². The molecule has 1 aliphatic rings. The predicted molar refractivity (Wildman–Crippen MR) is 62.5 cm³/mol. The molecule has 0 aromatic carbocycles. The van der Waals surface area contributed by atoms with E-state index in [1.165, 1.54) is 0 Å². The molecule has 0 saturated carbocycles. The van der Waals surface area contributed by atoms with Crippen molar-refractivity contribution in [2.24, 2.45) is 0 Å². The van der Waals surface area contributed by atoms with Gasteiger partial charge in [0, 0.05) is 20.1 Å². The van der Waals surface area contributed by atoms with Crippen LogP contribution in [0.25, 0.3) is 0 Å². The van der Waals surface area contributed by atoms with E-state index in [1.54, 1.807) is 19.2 Å². The highest BCUT2D eigenvalue weighted by Crippen LogP contribution is 2.13. The molecule has 1 fully saturated rings. The summed E-state index contributed by atoms with van der Waals surface area (Å²) in [5.41, 5.74) is 0. The Morgan fingerprint density at radius 2 is 2.50 bits per heavy atom. The van der Waals surface area contributed by atoms with E-state index in [1.807, 2.05) is 6.07 Å². The average Bonchev–Trinajstić information content (AvgIpc) is 2.86. The topological polar surface area (TPSA) is 78.5 Å². The molecule has 96 valence electrons. The molecule has 1 unspecified atom stereocenters. The molecule has 1 amide bonds. The van der Waals surface area contributed by atoms with Gasteiger partial charge in [-0.3, -0.25) is 9.69 Å². The number of nitrogens with zero attached hydrogens (tertiary/aromatic N) is 2. The molecule has 1 saturated heterocycles. The SMILES string of the molecule is CNC(=O)C1CN(Cc2ccc(C#N)o2)CCO1. The summed E-state index contributed by atoms with van der Waals surface area (Å²) in [6.07, 6.45) is -0.436. The van der Waals surface area contributed by atoms with Crippen LogP contribution in [0.3, 0.4) is 0 Å². The number of carbonyl (C=O) groups is 1. The number of ether oxygens (including phenoxy) is 1. The number of morpholine rings is 1. The minimum Gasteiger partial charge on any atom is -0.449 e. The number of nitriles is 1. The molecule has 2 heterocycles. The van der Waals surface area contributed by atoms with Crippen LogP contribution in [-0.2, 0) is 16.1 Å². The van der Waals surface area contributed by atoms with Crippen molar-refractivity contribution in [3.05, 3.63) is 23.7 Å². The number of likely N-dealkylation sites (N-methyl/N-ethyl adjacent to an activating group) is 1. The molecule has 6 nitrogen and oxygen atoms in total. The third-order valence-electron chi connectivity index (χ3n) is 2.84. The minimum absolute atomic E-state index is 0.114. The van der Waals surface area contributed by atoms with Gasteiger partial charge in [0.25, 0.3) is 0 Å². The van der Waals surface area contributed by atoms with Gasteiger partial charge in [-0.05, 0) is 12.1 Å². The van der Waals surface area contributed by atoms with Crippen molar-refractivity contribution >= 4 is 5.91 Å². The fourth-order valence-electron chi connectivity index (χ4n) is 1.91. The van der Waals surface area contributed by atoms with Gasteiger partial charge < -0.3 is 14.5 Å². The Hall–Kier alpha value is -1.84. The summed E-state index contributed by atoms with van der Waals surface area (Å²) in [6.45, 7) is 2.38. The molecular formula is C12H15N3O3. The monoisotopic (exact) mass is 249 g/mol. The molecule has 2 rings (SSSR count). The lowest BCUT2D eigenvalue weighted by Crippen LogP contribution is -2.48. The van der Waals surface area contributed by atoms with Gasteiger partial charge in [-0.15, -0.1) is 0 Å². The Morgan fingerprint density at radius 3 is 3.17 bits per heavy atom. The molecule has 1 aliphatic heterocycles. The van der Waals surface area contributed by atoms with Crippen LogP contribution in [0.5, 0.6) is 0 Å². The van der Waals surface area contributed by atoms with Gasteiger partial charge in [0.1, 0.15) is 17.9 Å². The van der Waals surface area contributed by atoms with E-state index in [-0.39, 0.29) is 5.91 Å². The molecule has 1 aromatic heterocycles. The standard InChI is InChI=1S/C12H15N3O3/c1-14-12(16)11-8-15(4-5-17-11)7-10-3-2-9(6-13)18-10/h2-3,11H,4-5,7-8H2,1H3,(H,14,16). The maximum absolute atomic E-state index is 11.5. The van der Waals surface area contributed by atoms with Crippen LogP contribution in [0.2, 0.25) is 0 Å². The zero-order chi connectivity index (χ0) is 13.0. The van der Waals surface area contributed by atoms with Crippen LogP contribution in [0.4, 0.5) is 0 Å². The Morgan fingerprint density at radius 1 is 1.67 bits per heavy atom. The van der Waals surface area contributed by atoms with Crippen LogP contribution < -0.4 is 5.32 Å². The zero-order valence-corrected chi connectivity index (χ0v) is 10.2. The fraction of sp³-hybridized carbons (Fsp3) is 0.500. The molecule has 0 bridgehead atoms. The van der Waals surface area contributed by atoms with Crippen molar-refractivity contribution in [2.75, 3.05) is 26.7 Å². The van der Waals surface area contributed by atoms with E-state index in [0.717, 1.165) is 12.3 Å². The fourth-order valence-corrected chi connectivity index (χ4v) is 1.91. The smallest absolute Gasteiger partial charge is 0.250 e. The molecular weight excluding hydrogens is 234 g/mol. The number of hydrogen-bond acceptors (Lipinski definition) is 5. The molecule has 0 spiro atoms. The van der Waals surface area contributed by atoms with Gasteiger partial charge in [0.05, 0.1) is 13.2 Å². The van der Waals surface area contributed by atoms with Gasteiger partial charge in [0.15, 0.2) is 0 Å². The van der Waals surface area contributed by atoms with Crippen LogP contribution >= 0.6 is 0 Å². The number of nitrogens with one attached hydrogen (secondary N) is 1. The Labute approximate surface area is 105 Å². The Balaban J connectivity index is 1.93. The minimum atomic E-state index is -0.436. The van der Waals surface area contributed by atoms with Crippen LogP contribution in [-0.4, -0.2) is 43.7 Å². The highest BCUT2D eigenvalue weighted by atomic mass is 16.5. The first kappa shape index (κ1) is 12.6. The largest absolute Gasteiger partial charge is 0.449 e. The molecule has 1 aromatic rings. The number of amides is 1. The van der Waals surface area contributed by atoms with Gasteiger partial charge in [-0.25, -0.2) is 0 Å². The van der Waals surface area contributed by atoms with E-state index >= 15 is 0 Å². The van der Waals surface area contributed by atoms with Gasteiger partial charge in [0.2, 0.25) is 11.7 Å². The second-order valence-electron chi connectivity index (χ2n) is 4.09. The number of furan rings is 1. The van der Waals surface area contributed by atoms with Crippen molar-refractivity contribution in [1.29, 1.82) is 5.26 Å². The maximum Gasteiger partial charge on any atom is 0.250 e. The zero-order valence-electron chi connectivity index (χ0n) is 10.2. The third-order valence-corrected chi connectivity index (χ3v) is 2.84. The average molecular weight is 249 g/mol. The molecule has 0 radical (unpaired) electrons. The lowest BCUT2D eigenvalue weighted by atomic mass is 10.2. The van der Waals surface area contributed by atoms with Crippen molar-refractivity contribution in [2.45, 2.75) is 12.6 Å². The van der Waals surface area contributed by atoms with Crippen molar-refractivity contribution in [3.63, 3.8) is 0 Å². The van der Waals surface area contributed by atoms with Crippen LogP contribution in [0.15, 0.2) is 16.5 Å². The first-order chi connectivity index (χ1) is 8.72. The second kappa shape index (κ2) is 5.67. The predicted octanol–water partition coefficient (Wildman–Crippen LogP) is 0.0981. The number of hydrogen-bond donors (Lipinski definition) is 1. The summed E-state index contributed by atoms with van der Waals surface area (Å²) >= 11 is 0. The van der Waals surface area contributed by atoms with E-state index < -0.39 is 6.10 Å². The van der Waals surface area contributed by atoms with Crippen LogP contribution in [0.1, 0.15) is 11.5 Å². The van der Waals surface area contributed by atoms with E-state index in [2.05, 4.69) is 10.2 Å². The number of rotatable bonds is 3. The van der Waals surface area contributed by atoms with E-state index in [9.17, 15) is 4.79 Å². The van der Waals surface area contributed by atoms with Crippen molar-refractivity contribution in [1.82, 2.24) is 10.2 Å². The molecule has 6 heteroatoms. The summed E-state index contributed by atoms with van der Waals surface area (Å²) in [7, 11) is 1.59. The van der Waals surface area contributed by atoms with Crippen molar-refractivity contribution < 1.29 is 13.9 Å². The molecule has 0 aliphatic carbocycles. The first-order valence-corrected chi connectivity index (χ1v) is 5.77. The maximum atomic E-state index is 11.5.